The second kappa shape index (κ2) is 11.8. The summed E-state index contributed by atoms with van der Waals surface area (Å²) in [5, 5.41) is 26.4. The molecule has 2 saturated heterocycles. The Morgan fingerprint density at radius 1 is 1.36 bits per heavy atom. The summed E-state index contributed by atoms with van der Waals surface area (Å²) in [7, 11) is -4.32. The molecule has 210 valence electrons. The summed E-state index contributed by atoms with van der Waals surface area (Å²) in [5.74, 6) is -0.638. The van der Waals surface area contributed by atoms with Gasteiger partial charge in [0.2, 0.25) is 5.72 Å². The summed E-state index contributed by atoms with van der Waals surface area (Å²) in [4.78, 5) is 31.0. The highest BCUT2D eigenvalue weighted by Gasteiger charge is 2.56. The number of hydrogen-bond acceptors (Lipinski definition) is 13. The van der Waals surface area contributed by atoms with Crippen molar-refractivity contribution in [3.05, 3.63) is 63.5 Å². The molecule has 4 N–H and O–H groups in total. The maximum absolute atomic E-state index is 14.2. The van der Waals surface area contributed by atoms with Gasteiger partial charge < -0.3 is 29.9 Å². The molecule has 4 rings (SSSR count). The number of nitrogen functional groups attached to an aromatic ring is 1. The summed E-state index contributed by atoms with van der Waals surface area (Å²) in [6, 6.07) is 8.23. The average molecular weight is 565 g/mol. The zero-order valence-electron chi connectivity index (χ0n) is 20.8. The van der Waals surface area contributed by atoms with Crippen molar-refractivity contribution in [1.29, 1.82) is 0 Å². The third kappa shape index (κ3) is 5.83. The molecule has 1 aromatic carbocycles. The van der Waals surface area contributed by atoms with Gasteiger partial charge in [-0.1, -0.05) is 23.3 Å². The van der Waals surface area contributed by atoms with Crippen LogP contribution in [0.15, 0.2) is 52.5 Å². The molecule has 6 atom stereocenters. The lowest BCUT2D eigenvalue weighted by atomic mass is 10.1. The van der Waals surface area contributed by atoms with E-state index in [1.165, 1.54) is 29.5 Å². The largest absolute Gasteiger partial charge is 0.465 e. The predicted molar refractivity (Wildman–Crippen MR) is 134 cm³/mol. The van der Waals surface area contributed by atoms with Crippen LogP contribution in [-0.4, -0.2) is 74.5 Å². The summed E-state index contributed by atoms with van der Waals surface area (Å²) < 4.78 is 37.3. The van der Waals surface area contributed by atoms with Crippen LogP contribution in [0.3, 0.4) is 0 Å². The third-order valence-electron chi connectivity index (χ3n) is 6.23. The molecule has 17 heteroatoms. The fraction of sp³-hybridized carbons (Fsp3) is 0.500. The molecule has 0 bridgehead atoms. The normalized spacial score (nSPS) is 28.5. The maximum atomic E-state index is 14.2. The molecule has 2 aliphatic rings. The van der Waals surface area contributed by atoms with E-state index in [0.29, 0.717) is 12.8 Å². The van der Waals surface area contributed by atoms with Gasteiger partial charge in [-0.05, 0) is 43.5 Å². The van der Waals surface area contributed by atoms with Crippen molar-refractivity contribution in [3.63, 3.8) is 0 Å². The number of hydrogen-bond donors (Lipinski definition) is 3. The van der Waals surface area contributed by atoms with Gasteiger partial charge >= 0.3 is 19.3 Å². The number of aliphatic hydroxyl groups excluding tert-OH is 2. The third-order valence-corrected chi connectivity index (χ3v) is 8.06. The van der Waals surface area contributed by atoms with Gasteiger partial charge in [0.25, 0.3) is 0 Å². The van der Waals surface area contributed by atoms with Crippen LogP contribution >= 0.6 is 7.60 Å². The number of azide groups is 1. The Morgan fingerprint density at radius 2 is 2.10 bits per heavy atom. The number of ether oxygens (including phenoxy) is 2. The molecule has 2 aliphatic heterocycles. The van der Waals surface area contributed by atoms with E-state index in [4.69, 9.17) is 24.4 Å². The number of esters is 1. The maximum Gasteiger partial charge on any atom is 0.377 e. The van der Waals surface area contributed by atoms with Crippen molar-refractivity contribution < 1.29 is 38.2 Å². The number of carbonyl (C=O) groups is 1. The standard InChI is InChI=1S/C22H28N7O9P/c1-2-35-20(32)15-9-6-11-29(15)38-39(34,14-7-4-3-5-8-14)36-13-22(26-27-24)18(31)17(30)19(37-22)28-12-10-16(23)25-21(28)33/h3-5,7-8,10,12,15,17-19,30-31H,2,6,9,11,13H2,1H3,(H2,23,25,33)/t15-,17+,18-,19+,22+,39?/m0/s1. The topological polar surface area (TPSA) is 224 Å². The van der Waals surface area contributed by atoms with E-state index in [1.807, 2.05) is 0 Å². The first-order valence-corrected chi connectivity index (χ1v) is 13.6. The number of nitrogens with two attached hydrogens (primary N) is 1. The van der Waals surface area contributed by atoms with Gasteiger partial charge in [0, 0.05) is 17.7 Å². The van der Waals surface area contributed by atoms with Crippen LogP contribution in [0.2, 0.25) is 0 Å². The lowest BCUT2D eigenvalue weighted by molar-refractivity contribution is -0.163. The van der Waals surface area contributed by atoms with Gasteiger partial charge in [-0.3, -0.25) is 13.9 Å². The van der Waals surface area contributed by atoms with Crippen molar-refractivity contribution >= 4 is 24.7 Å². The number of nitrogens with zero attached hydrogens (tertiary/aromatic N) is 6. The molecule has 16 nitrogen and oxygen atoms in total. The highest BCUT2D eigenvalue weighted by molar-refractivity contribution is 7.62. The van der Waals surface area contributed by atoms with E-state index in [1.54, 1.807) is 25.1 Å². The number of hydroxylamine groups is 2. The summed E-state index contributed by atoms with van der Waals surface area (Å²) in [6.45, 7) is 1.19. The number of aliphatic hydroxyl groups is 2. The SMILES string of the molecule is CCOC(=O)[C@@H]1CCCN1OP(=O)(OC[C@@]1(N=[N+]=[N-])O[C@@H](n2ccc(N)nc2=O)[C@H](O)[C@@H]1O)c1ccccc1. The van der Waals surface area contributed by atoms with Gasteiger partial charge in [-0.15, -0.1) is 0 Å². The Morgan fingerprint density at radius 3 is 2.77 bits per heavy atom. The van der Waals surface area contributed by atoms with Crippen LogP contribution < -0.4 is 16.7 Å². The molecular weight excluding hydrogens is 537 g/mol. The van der Waals surface area contributed by atoms with E-state index in [2.05, 4.69) is 15.0 Å². The first-order valence-electron chi connectivity index (χ1n) is 12.0. The van der Waals surface area contributed by atoms with Crippen LogP contribution in [0.5, 0.6) is 0 Å². The Kier molecular flexibility index (Phi) is 8.69. The van der Waals surface area contributed by atoms with Crippen LogP contribution in [0.4, 0.5) is 5.82 Å². The second-order valence-corrected chi connectivity index (χ2v) is 10.7. The van der Waals surface area contributed by atoms with E-state index in [-0.39, 0.29) is 24.3 Å². The number of benzene rings is 1. The quantitative estimate of drug-likeness (QED) is 0.118. The van der Waals surface area contributed by atoms with E-state index >= 15 is 0 Å². The van der Waals surface area contributed by atoms with E-state index in [9.17, 15) is 29.9 Å². The van der Waals surface area contributed by atoms with Gasteiger partial charge in [0.15, 0.2) is 6.23 Å². The molecule has 2 aromatic rings. The molecule has 1 unspecified atom stereocenters. The van der Waals surface area contributed by atoms with Gasteiger partial charge in [0.05, 0.1) is 18.5 Å². The molecule has 39 heavy (non-hydrogen) atoms. The lowest BCUT2D eigenvalue weighted by Gasteiger charge is -2.31. The van der Waals surface area contributed by atoms with Crippen molar-refractivity contribution in [3.8, 4) is 0 Å². The summed E-state index contributed by atoms with van der Waals surface area (Å²) in [5.41, 5.74) is 11.5. The highest BCUT2D eigenvalue weighted by atomic mass is 31.2. The average Bonchev–Trinajstić information content (AvgIpc) is 3.47. The molecule has 3 heterocycles. The van der Waals surface area contributed by atoms with Crippen molar-refractivity contribution in [2.45, 2.75) is 50.0 Å². The van der Waals surface area contributed by atoms with Gasteiger partial charge in [-0.25, -0.2) is 9.42 Å². The minimum atomic E-state index is -4.32. The van der Waals surface area contributed by atoms with Gasteiger partial charge in [-0.2, -0.15) is 10.0 Å². The fourth-order valence-corrected chi connectivity index (χ4v) is 5.96. The molecule has 1 aromatic heterocycles. The minimum Gasteiger partial charge on any atom is -0.465 e. The molecule has 2 fully saturated rings. The Labute approximate surface area is 222 Å². The van der Waals surface area contributed by atoms with Crippen molar-refractivity contribution in [1.82, 2.24) is 14.6 Å². The first kappa shape index (κ1) is 28.7. The zero-order chi connectivity index (χ0) is 28.2. The molecular formula is C22H28N7O9P. The summed E-state index contributed by atoms with van der Waals surface area (Å²) in [6.07, 6.45) is -3.13. The lowest BCUT2D eigenvalue weighted by Crippen LogP contribution is -2.45. The highest BCUT2D eigenvalue weighted by Crippen LogP contribution is 2.51. The molecule has 0 radical (unpaired) electrons. The molecule has 0 amide bonds. The fourth-order valence-electron chi connectivity index (χ4n) is 4.30. The molecule has 0 aliphatic carbocycles. The van der Waals surface area contributed by atoms with Crippen LogP contribution in [0.25, 0.3) is 10.4 Å². The predicted octanol–water partition coefficient (Wildman–Crippen LogP) is 0.577. The van der Waals surface area contributed by atoms with Crippen molar-refractivity contribution in [2.24, 2.45) is 5.11 Å². The number of rotatable bonds is 10. The Hall–Kier alpha value is -3.33. The summed E-state index contributed by atoms with van der Waals surface area (Å²) >= 11 is 0. The van der Waals surface area contributed by atoms with E-state index in [0.717, 1.165) is 4.57 Å². The number of aromatic nitrogens is 2. The molecule has 0 saturated carbocycles. The smallest absolute Gasteiger partial charge is 0.377 e. The van der Waals surface area contributed by atoms with Gasteiger partial charge in [0.1, 0.15) is 24.1 Å². The number of carbonyl (C=O) groups excluding carboxylic acids is 1. The minimum absolute atomic E-state index is 0.0853. The van der Waals surface area contributed by atoms with Crippen LogP contribution in [0.1, 0.15) is 26.0 Å². The molecule has 0 spiro atoms. The van der Waals surface area contributed by atoms with Crippen LogP contribution in [-0.2, 0) is 28.0 Å². The Balaban J connectivity index is 1.64. The second-order valence-electron chi connectivity index (χ2n) is 8.76. The monoisotopic (exact) mass is 565 g/mol. The van der Waals surface area contributed by atoms with E-state index < -0.39 is 56.1 Å². The zero-order valence-corrected chi connectivity index (χ0v) is 21.7. The first-order chi connectivity index (χ1) is 18.6. The van der Waals surface area contributed by atoms with Crippen molar-refractivity contribution in [2.75, 3.05) is 25.5 Å². The van der Waals surface area contributed by atoms with Crippen LogP contribution in [0, 0.1) is 0 Å². The Bertz CT molecular complexity index is 1340. The number of anilines is 1.